The van der Waals surface area contributed by atoms with Gasteiger partial charge in [-0.3, -0.25) is 9.59 Å². The zero-order valence-corrected chi connectivity index (χ0v) is 19.9. The third-order valence-corrected chi connectivity index (χ3v) is 6.99. The van der Waals surface area contributed by atoms with E-state index in [4.69, 9.17) is 23.2 Å². The molecular weight excluding hydrogens is 443 g/mol. The van der Waals surface area contributed by atoms with Crippen molar-refractivity contribution in [1.29, 1.82) is 0 Å². The maximum atomic E-state index is 13.5. The van der Waals surface area contributed by atoms with Crippen LogP contribution in [0.15, 0.2) is 42.5 Å². The molecule has 0 aromatic heterocycles. The van der Waals surface area contributed by atoms with Gasteiger partial charge in [-0.1, -0.05) is 73.2 Å². The van der Waals surface area contributed by atoms with Gasteiger partial charge in [-0.2, -0.15) is 0 Å². The van der Waals surface area contributed by atoms with Crippen LogP contribution in [0.3, 0.4) is 0 Å². The van der Waals surface area contributed by atoms with E-state index in [1.807, 2.05) is 34.1 Å². The monoisotopic (exact) mass is 472 g/mol. The van der Waals surface area contributed by atoms with Crippen molar-refractivity contribution in [3.63, 3.8) is 0 Å². The molecule has 1 aliphatic carbocycles. The van der Waals surface area contributed by atoms with Crippen molar-refractivity contribution >= 4 is 40.7 Å². The lowest BCUT2D eigenvalue weighted by atomic mass is 10.1. The lowest BCUT2D eigenvalue weighted by Crippen LogP contribution is -2.36. The minimum atomic E-state index is -0.162. The molecule has 2 aromatic rings. The molecule has 0 N–H and O–H groups in total. The van der Waals surface area contributed by atoms with Gasteiger partial charge in [0.05, 0.1) is 15.6 Å². The van der Waals surface area contributed by atoms with Crippen molar-refractivity contribution in [2.75, 3.05) is 18.0 Å². The van der Waals surface area contributed by atoms with E-state index >= 15 is 0 Å². The summed E-state index contributed by atoms with van der Waals surface area (Å²) in [6.45, 7) is 1.78. The molecule has 6 heteroatoms. The number of para-hydroxylation sites is 1. The first kappa shape index (κ1) is 23.1. The smallest absolute Gasteiger partial charge is 0.257 e. The van der Waals surface area contributed by atoms with Gasteiger partial charge >= 0.3 is 0 Å². The highest BCUT2D eigenvalue weighted by Crippen LogP contribution is 2.35. The zero-order valence-electron chi connectivity index (χ0n) is 18.4. The summed E-state index contributed by atoms with van der Waals surface area (Å²) in [5, 5.41) is 0.730. The molecule has 0 radical (unpaired) electrons. The second-order valence-corrected chi connectivity index (χ2v) is 9.65. The van der Waals surface area contributed by atoms with Crippen molar-refractivity contribution in [1.82, 2.24) is 4.90 Å². The van der Waals surface area contributed by atoms with Gasteiger partial charge in [0.2, 0.25) is 5.91 Å². The molecule has 0 atom stereocenters. The Morgan fingerprint density at radius 3 is 2.09 bits per heavy atom. The topological polar surface area (TPSA) is 40.6 Å². The number of fused-ring (bicyclic) bond motifs is 1. The Balaban J connectivity index is 1.68. The Bertz CT molecular complexity index is 954. The van der Waals surface area contributed by atoms with E-state index in [1.165, 1.54) is 0 Å². The summed E-state index contributed by atoms with van der Waals surface area (Å²) >= 11 is 12.7. The van der Waals surface area contributed by atoms with Crippen LogP contribution in [0.1, 0.15) is 67.3 Å². The van der Waals surface area contributed by atoms with E-state index in [0.717, 1.165) is 69.2 Å². The number of amides is 2. The minimum Gasteiger partial charge on any atom is -0.334 e. The summed E-state index contributed by atoms with van der Waals surface area (Å²) in [5.41, 5.74) is 2.26. The summed E-state index contributed by atoms with van der Waals surface area (Å²) < 4.78 is 0. The number of hydrogen-bond donors (Lipinski definition) is 0. The number of carbonyl (C=O) groups excluding carboxylic acids is 2. The molecule has 1 aliphatic heterocycles. The Morgan fingerprint density at radius 2 is 1.41 bits per heavy atom. The van der Waals surface area contributed by atoms with E-state index < -0.39 is 0 Å². The number of carbonyl (C=O) groups is 2. The second kappa shape index (κ2) is 10.7. The molecule has 2 aliphatic rings. The Morgan fingerprint density at radius 1 is 0.781 bits per heavy atom. The van der Waals surface area contributed by atoms with Gasteiger partial charge in [0.15, 0.2) is 0 Å². The van der Waals surface area contributed by atoms with Crippen LogP contribution in [0.25, 0.3) is 0 Å². The van der Waals surface area contributed by atoms with Gasteiger partial charge in [-0.25, -0.2) is 0 Å². The highest BCUT2D eigenvalue weighted by atomic mass is 35.5. The number of halogens is 2. The molecule has 4 nitrogen and oxygen atoms in total. The third kappa shape index (κ3) is 5.47. The molecule has 32 heavy (non-hydrogen) atoms. The maximum absolute atomic E-state index is 13.5. The maximum Gasteiger partial charge on any atom is 0.257 e. The van der Waals surface area contributed by atoms with Crippen molar-refractivity contribution in [3.05, 3.63) is 63.6 Å². The van der Waals surface area contributed by atoms with Crippen molar-refractivity contribution < 1.29 is 9.59 Å². The van der Waals surface area contributed by atoms with Crippen LogP contribution >= 0.6 is 23.2 Å². The lowest BCUT2D eigenvalue weighted by Gasteiger charge is -2.29. The molecule has 0 saturated heterocycles. The van der Waals surface area contributed by atoms with E-state index in [2.05, 4.69) is 0 Å². The quantitative estimate of drug-likeness (QED) is 0.485. The average Bonchev–Trinajstić information content (AvgIpc) is 3.62. The normalized spacial score (nSPS) is 18.2. The molecule has 4 rings (SSSR count). The van der Waals surface area contributed by atoms with Crippen molar-refractivity contribution in [2.24, 2.45) is 5.92 Å². The van der Waals surface area contributed by atoms with Gasteiger partial charge in [-0.05, 0) is 49.4 Å². The Hall–Kier alpha value is -2.04. The molecule has 2 amide bonds. The van der Waals surface area contributed by atoms with Crippen LogP contribution < -0.4 is 4.90 Å². The van der Waals surface area contributed by atoms with Crippen LogP contribution in [0.4, 0.5) is 5.69 Å². The Kier molecular flexibility index (Phi) is 7.75. The molecule has 0 bridgehead atoms. The van der Waals surface area contributed by atoms with Gasteiger partial charge in [0, 0.05) is 31.2 Å². The lowest BCUT2D eigenvalue weighted by molar-refractivity contribution is -0.119. The largest absolute Gasteiger partial charge is 0.334 e. The van der Waals surface area contributed by atoms with Gasteiger partial charge in [0.25, 0.3) is 5.91 Å². The van der Waals surface area contributed by atoms with Crippen LogP contribution in [0.5, 0.6) is 0 Å². The highest BCUT2D eigenvalue weighted by Gasteiger charge is 2.34. The molecular formula is C26H30Cl2N2O2. The van der Waals surface area contributed by atoms with Crippen molar-refractivity contribution in [3.8, 4) is 0 Å². The van der Waals surface area contributed by atoms with Crippen LogP contribution in [0.2, 0.25) is 10.0 Å². The van der Waals surface area contributed by atoms with Crippen LogP contribution in [0, 0.1) is 5.92 Å². The predicted octanol–water partition coefficient (Wildman–Crippen LogP) is 6.73. The molecule has 1 saturated carbocycles. The number of anilines is 1. The summed E-state index contributed by atoms with van der Waals surface area (Å²) in [4.78, 5) is 30.5. The van der Waals surface area contributed by atoms with Gasteiger partial charge < -0.3 is 9.80 Å². The predicted molar refractivity (Wildman–Crippen MR) is 130 cm³/mol. The molecule has 0 unspecified atom stereocenters. The number of rotatable bonds is 2. The molecule has 1 fully saturated rings. The first-order chi connectivity index (χ1) is 15.6. The van der Waals surface area contributed by atoms with Crippen LogP contribution in [-0.4, -0.2) is 29.8 Å². The first-order valence-corrected chi connectivity index (χ1v) is 12.4. The first-order valence-electron chi connectivity index (χ1n) is 11.7. The highest BCUT2D eigenvalue weighted by molar-refractivity contribution is 6.39. The zero-order chi connectivity index (χ0) is 22.5. The third-order valence-electron chi connectivity index (χ3n) is 6.36. The van der Waals surface area contributed by atoms with Gasteiger partial charge in [0.1, 0.15) is 0 Å². The fraction of sp³-hybridized carbons (Fsp3) is 0.462. The summed E-state index contributed by atoms with van der Waals surface area (Å²) in [5.74, 6) is 0.211. The Labute approximate surface area is 200 Å². The van der Waals surface area contributed by atoms with Gasteiger partial charge in [-0.15, -0.1) is 0 Å². The van der Waals surface area contributed by atoms with E-state index in [1.54, 1.807) is 18.2 Å². The van der Waals surface area contributed by atoms with Crippen molar-refractivity contribution in [2.45, 2.75) is 57.9 Å². The van der Waals surface area contributed by atoms with E-state index in [-0.39, 0.29) is 17.7 Å². The van der Waals surface area contributed by atoms with Crippen LogP contribution in [-0.2, 0) is 11.3 Å². The molecule has 170 valence electrons. The summed E-state index contributed by atoms with van der Waals surface area (Å²) in [7, 11) is 0. The fourth-order valence-corrected chi connectivity index (χ4v) is 4.96. The summed E-state index contributed by atoms with van der Waals surface area (Å²) in [6.07, 6.45) is 8.38. The SMILES string of the molecule is O=C(c1c(Cl)cccc1Cl)N1CCCCCCCCN(C(=O)C2CC2)c2ccccc2C1. The second-order valence-electron chi connectivity index (χ2n) is 8.84. The molecule has 1 heterocycles. The average molecular weight is 473 g/mol. The summed E-state index contributed by atoms with van der Waals surface area (Å²) in [6, 6.07) is 13.1. The fourth-order valence-electron chi connectivity index (χ4n) is 4.41. The van der Waals surface area contributed by atoms with E-state index in [0.29, 0.717) is 28.7 Å². The number of benzene rings is 2. The van der Waals surface area contributed by atoms with E-state index in [9.17, 15) is 9.59 Å². The number of nitrogens with zero attached hydrogens (tertiary/aromatic N) is 2. The minimum absolute atomic E-state index is 0.151. The standard InChI is InChI=1S/C26H30Cl2N2O2/c27-21-11-9-12-22(28)24(21)26(32)29-16-7-3-1-2-4-8-17-30(25(31)19-14-15-19)23-13-6-5-10-20(23)18-29/h5-6,9-13,19H,1-4,7-8,14-18H2. The molecule has 0 spiro atoms. The molecule has 2 aromatic carbocycles. The number of hydrogen-bond acceptors (Lipinski definition) is 2.